The highest BCUT2D eigenvalue weighted by atomic mass is 16.5. The van der Waals surface area contributed by atoms with Crippen LogP contribution in [0.3, 0.4) is 0 Å². The number of hydrogen-bond donors (Lipinski definition) is 1. The van der Waals surface area contributed by atoms with Crippen LogP contribution in [-0.4, -0.2) is 19.6 Å². The second kappa shape index (κ2) is 4.80. The van der Waals surface area contributed by atoms with E-state index < -0.39 is 0 Å². The highest BCUT2D eigenvalue weighted by molar-refractivity contribution is 5.79. The molecule has 1 fully saturated rings. The summed E-state index contributed by atoms with van der Waals surface area (Å²) in [6, 6.07) is 9.73. The average molecular weight is 257 g/mol. The zero-order chi connectivity index (χ0) is 13.2. The first-order valence-electron chi connectivity index (χ1n) is 6.26. The van der Waals surface area contributed by atoms with Crippen molar-refractivity contribution in [2.45, 2.75) is 12.3 Å². The molecule has 1 atom stereocenters. The quantitative estimate of drug-likeness (QED) is 0.919. The van der Waals surface area contributed by atoms with Gasteiger partial charge < -0.3 is 14.5 Å². The molecule has 2 heterocycles. The minimum atomic E-state index is 0.111. The molecule has 1 aromatic heterocycles. The molecule has 0 spiro atoms. The Morgan fingerprint density at radius 3 is 2.89 bits per heavy atom. The Bertz CT molecular complexity index is 589. The lowest BCUT2D eigenvalue weighted by atomic mass is 9.95. The molecule has 1 aliphatic rings. The summed E-state index contributed by atoms with van der Waals surface area (Å²) in [4.78, 5) is 11.3. The van der Waals surface area contributed by atoms with Gasteiger partial charge in [-0.05, 0) is 29.8 Å². The van der Waals surface area contributed by atoms with Gasteiger partial charge in [0, 0.05) is 18.9 Å². The Kier molecular flexibility index (Phi) is 2.99. The molecule has 1 saturated heterocycles. The van der Waals surface area contributed by atoms with Crippen molar-refractivity contribution in [3.63, 3.8) is 0 Å². The lowest BCUT2D eigenvalue weighted by Crippen LogP contribution is -2.13. The van der Waals surface area contributed by atoms with Crippen LogP contribution in [0.1, 0.15) is 17.9 Å². The molecule has 98 valence electrons. The lowest BCUT2D eigenvalue weighted by Gasteiger charge is -2.12. The zero-order valence-electron chi connectivity index (χ0n) is 10.7. The average Bonchev–Trinajstić information content (AvgIpc) is 3.09. The van der Waals surface area contributed by atoms with Gasteiger partial charge in [-0.25, -0.2) is 0 Å². The maximum Gasteiger partial charge on any atom is 0.220 e. The number of nitrogens with one attached hydrogen (secondary N) is 1. The van der Waals surface area contributed by atoms with E-state index in [0.29, 0.717) is 13.0 Å². The largest absolute Gasteiger partial charge is 0.496 e. The van der Waals surface area contributed by atoms with Gasteiger partial charge in [-0.15, -0.1) is 0 Å². The minimum absolute atomic E-state index is 0.111. The van der Waals surface area contributed by atoms with Crippen LogP contribution in [0.25, 0.3) is 11.3 Å². The van der Waals surface area contributed by atoms with E-state index in [1.165, 1.54) is 0 Å². The van der Waals surface area contributed by atoms with Gasteiger partial charge in [0.15, 0.2) is 0 Å². The summed E-state index contributed by atoms with van der Waals surface area (Å²) < 4.78 is 10.8. The number of furan rings is 1. The standard InChI is InChI=1S/C15H15NO3/c1-18-13-5-4-10(11-8-15(17)16-9-11)7-12(13)14-3-2-6-19-14/h2-7,11H,8-9H2,1H3,(H,16,17). The third-order valence-corrected chi connectivity index (χ3v) is 3.46. The SMILES string of the molecule is COc1ccc(C2CNC(=O)C2)cc1-c1ccco1. The topological polar surface area (TPSA) is 51.5 Å². The van der Waals surface area contributed by atoms with Gasteiger partial charge in [-0.2, -0.15) is 0 Å². The van der Waals surface area contributed by atoms with Crippen molar-refractivity contribution < 1.29 is 13.9 Å². The van der Waals surface area contributed by atoms with Gasteiger partial charge in [0.1, 0.15) is 11.5 Å². The van der Waals surface area contributed by atoms with E-state index in [2.05, 4.69) is 5.32 Å². The Balaban J connectivity index is 2.00. The number of carbonyl (C=O) groups excluding carboxylic acids is 1. The highest BCUT2D eigenvalue weighted by Gasteiger charge is 2.24. The van der Waals surface area contributed by atoms with E-state index in [1.807, 2.05) is 30.3 Å². The predicted molar refractivity (Wildman–Crippen MR) is 71.1 cm³/mol. The van der Waals surface area contributed by atoms with E-state index in [-0.39, 0.29) is 11.8 Å². The van der Waals surface area contributed by atoms with Gasteiger partial charge in [0.05, 0.1) is 18.9 Å². The van der Waals surface area contributed by atoms with Crippen LogP contribution < -0.4 is 10.1 Å². The lowest BCUT2D eigenvalue weighted by molar-refractivity contribution is -0.119. The second-order valence-electron chi connectivity index (χ2n) is 4.64. The van der Waals surface area contributed by atoms with Crippen LogP contribution in [0.5, 0.6) is 5.75 Å². The van der Waals surface area contributed by atoms with E-state index in [1.54, 1.807) is 13.4 Å². The molecular formula is C15H15NO3. The molecule has 19 heavy (non-hydrogen) atoms. The summed E-state index contributed by atoms with van der Waals surface area (Å²) in [6.07, 6.45) is 2.19. The van der Waals surface area contributed by atoms with Crippen LogP contribution in [-0.2, 0) is 4.79 Å². The van der Waals surface area contributed by atoms with Gasteiger partial charge in [-0.1, -0.05) is 6.07 Å². The van der Waals surface area contributed by atoms with Crippen molar-refractivity contribution in [2.75, 3.05) is 13.7 Å². The van der Waals surface area contributed by atoms with Crippen molar-refractivity contribution in [1.29, 1.82) is 0 Å². The van der Waals surface area contributed by atoms with Crippen molar-refractivity contribution >= 4 is 5.91 Å². The molecule has 4 heteroatoms. The van der Waals surface area contributed by atoms with E-state index in [4.69, 9.17) is 9.15 Å². The third-order valence-electron chi connectivity index (χ3n) is 3.46. The molecule has 0 aliphatic carbocycles. The summed E-state index contributed by atoms with van der Waals surface area (Å²) in [7, 11) is 1.64. The monoisotopic (exact) mass is 257 g/mol. The van der Waals surface area contributed by atoms with Gasteiger partial charge in [0.25, 0.3) is 0 Å². The molecule has 1 aliphatic heterocycles. The Hall–Kier alpha value is -2.23. The number of benzene rings is 1. The fraction of sp³-hybridized carbons (Fsp3) is 0.267. The number of ether oxygens (including phenoxy) is 1. The summed E-state index contributed by atoms with van der Waals surface area (Å²) in [5, 5.41) is 2.86. The first-order valence-corrected chi connectivity index (χ1v) is 6.26. The Morgan fingerprint density at radius 1 is 1.37 bits per heavy atom. The number of amides is 1. The normalized spacial score (nSPS) is 18.4. The maximum absolute atomic E-state index is 11.3. The molecule has 3 rings (SSSR count). The zero-order valence-corrected chi connectivity index (χ0v) is 10.7. The van der Waals surface area contributed by atoms with E-state index >= 15 is 0 Å². The van der Waals surface area contributed by atoms with Crippen molar-refractivity contribution in [2.24, 2.45) is 0 Å². The molecular weight excluding hydrogens is 242 g/mol. The Morgan fingerprint density at radius 2 is 2.26 bits per heavy atom. The van der Waals surface area contributed by atoms with Gasteiger partial charge in [0.2, 0.25) is 5.91 Å². The molecule has 0 bridgehead atoms. The minimum Gasteiger partial charge on any atom is -0.496 e. The summed E-state index contributed by atoms with van der Waals surface area (Å²) >= 11 is 0. The van der Waals surface area contributed by atoms with Crippen LogP contribution in [0.15, 0.2) is 41.0 Å². The van der Waals surface area contributed by atoms with Crippen LogP contribution >= 0.6 is 0 Å². The second-order valence-corrected chi connectivity index (χ2v) is 4.64. The van der Waals surface area contributed by atoms with Crippen LogP contribution in [0.2, 0.25) is 0 Å². The number of hydrogen-bond acceptors (Lipinski definition) is 3. The van der Waals surface area contributed by atoms with Gasteiger partial charge in [-0.3, -0.25) is 4.79 Å². The molecule has 1 amide bonds. The van der Waals surface area contributed by atoms with E-state index in [0.717, 1.165) is 22.6 Å². The third kappa shape index (κ3) is 2.21. The van der Waals surface area contributed by atoms with Gasteiger partial charge >= 0.3 is 0 Å². The maximum atomic E-state index is 11.3. The van der Waals surface area contributed by atoms with Crippen LogP contribution in [0.4, 0.5) is 0 Å². The predicted octanol–water partition coefficient (Wildman–Crippen LogP) is 2.56. The van der Waals surface area contributed by atoms with Crippen molar-refractivity contribution in [3.05, 3.63) is 42.2 Å². The molecule has 1 aromatic carbocycles. The molecule has 4 nitrogen and oxygen atoms in total. The van der Waals surface area contributed by atoms with Crippen molar-refractivity contribution in [1.82, 2.24) is 5.32 Å². The highest BCUT2D eigenvalue weighted by Crippen LogP contribution is 2.34. The Labute approximate surface area is 111 Å². The van der Waals surface area contributed by atoms with Crippen LogP contribution in [0, 0.1) is 0 Å². The summed E-state index contributed by atoms with van der Waals surface area (Å²) in [6.45, 7) is 0.697. The first kappa shape index (κ1) is 11.8. The number of methoxy groups -OCH3 is 1. The number of carbonyl (C=O) groups is 1. The summed E-state index contributed by atoms with van der Waals surface area (Å²) in [5.41, 5.74) is 2.05. The smallest absolute Gasteiger partial charge is 0.220 e. The fourth-order valence-corrected chi connectivity index (χ4v) is 2.44. The molecule has 0 saturated carbocycles. The molecule has 1 N–H and O–H groups in total. The first-order chi connectivity index (χ1) is 9.28. The van der Waals surface area contributed by atoms with Crippen molar-refractivity contribution in [3.8, 4) is 17.1 Å². The summed E-state index contributed by atoms with van der Waals surface area (Å²) in [5.74, 6) is 1.89. The number of rotatable bonds is 3. The molecule has 2 aromatic rings. The fourth-order valence-electron chi connectivity index (χ4n) is 2.44. The molecule has 1 unspecified atom stereocenters. The molecule has 0 radical (unpaired) electrons. The van der Waals surface area contributed by atoms with E-state index in [9.17, 15) is 4.79 Å².